The van der Waals surface area contributed by atoms with Crippen LogP contribution in [0.3, 0.4) is 0 Å². The molecule has 0 saturated heterocycles. The lowest BCUT2D eigenvalue weighted by atomic mass is 9.56. The summed E-state index contributed by atoms with van der Waals surface area (Å²) in [5.41, 5.74) is 6.06. The summed E-state index contributed by atoms with van der Waals surface area (Å²) in [6.45, 7) is 4.21. The van der Waals surface area contributed by atoms with E-state index in [1.165, 1.54) is 11.1 Å². The molecule has 136 valence electrons. The van der Waals surface area contributed by atoms with Crippen molar-refractivity contribution in [3.8, 4) is 0 Å². The van der Waals surface area contributed by atoms with Crippen LogP contribution >= 0.6 is 22.9 Å². The fraction of sp³-hybridized carbons (Fsp3) is 0.300. The summed E-state index contributed by atoms with van der Waals surface area (Å²) in [5.74, 6) is 0. The van der Waals surface area contributed by atoms with Gasteiger partial charge in [-0.3, -0.25) is 0 Å². The van der Waals surface area contributed by atoms with E-state index in [4.69, 9.17) is 22.9 Å². The van der Waals surface area contributed by atoms with E-state index in [1.54, 1.807) is 0 Å². The Morgan fingerprint density at radius 2 is 1.00 bits per heavy atom. The molecule has 0 amide bonds. The predicted molar refractivity (Wildman–Crippen MR) is 120 cm³/mol. The van der Waals surface area contributed by atoms with Gasteiger partial charge in [-0.05, 0) is 64.1 Å². The molecule has 2 aromatic rings. The molecule has 2 aromatic carbocycles. The molecule has 0 aliphatic rings. The molecule has 0 radical (unpaired) electrons. The standard InChI is InChI=1S/C20H26B2Cl2N2/c1-15-7-11-17(12-8-15)19(21(23)24)20(22(25(3)4)26(5)6)18-13-9-16(2)10-14-18/h7-14H,1-6H3/b20-19-. The van der Waals surface area contributed by atoms with E-state index < -0.39 is 5.54 Å². The summed E-state index contributed by atoms with van der Waals surface area (Å²) >= 11 is 13.0. The minimum absolute atomic E-state index is 0.0361. The van der Waals surface area contributed by atoms with Crippen LogP contribution in [-0.4, -0.2) is 50.3 Å². The predicted octanol–water partition coefficient (Wildman–Crippen LogP) is 4.87. The van der Waals surface area contributed by atoms with Crippen molar-refractivity contribution in [3.63, 3.8) is 0 Å². The van der Waals surface area contributed by atoms with E-state index in [0.717, 1.165) is 22.1 Å². The monoisotopic (exact) mass is 386 g/mol. The van der Waals surface area contributed by atoms with Crippen molar-refractivity contribution in [1.82, 2.24) is 9.62 Å². The summed E-state index contributed by atoms with van der Waals surface area (Å²) in [6, 6.07) is 16.9. The van der Waals surface area contributed by atoms with Crippen LogP contribution in [0.1, 0.15) is 22.3 Å². The Bertz CT molecular complexity index is 746. The first-order chi connectivity index (χ1) is 12.2. The fourth-order valence-electron chi connectivity index (χ4n) is 3.29. The molecule has 0 saturated carbocycles. The van der Waals surface area contributed by atoms with Crippen molar-refractivity contribution in [2.24, 2.45) is 0 Å². The third-order valence-corrected chi connectivity index (χ3v) is 4.91. The normalized spacial score (nSPS) is 12.4. The molecular weight excluding hydrogens is 361 g/mol. The lowest BCUT2D eigenvalue weighted by Gasteiger charge is -2.31. The van der Waals surface area contributed by atoms with Crippen LogP contribution in [0, 0.1) is 13.8 Å². The third kappa shape index (κ3) is 4.95. The van der Waals surface area contributed by atoms with Gasteiger partial charge in [0.15, 0.2) is 0 Å². The SMILES string of the molecule is Cc1ccc(/C(B(Cl)Cl)=C(/B(N(C)C)N(C)C)c2ccc(C)cc2)cc1. The number of nitrogens with zero attached hydrogens (tertiary/aromatic N) is 2. The van der Waals surface area contributed by atoms with Gasteiger partial charge < -0.3 is 9.62 Å². The number of aryl methyl sites for hydroxylation is 2. The van der Waals surface area contributed by atoms with Gasteiger partial charge in [-0.15, -0.1) is 0 Å². The van der Waals surface area contributed by atoms with Crippen LogP contribution < -0.4 is 0 Å². The van der Waals surface area contributed by atoms with Gasteiger partial charge in [-0.2, -0.15) is 22.9 Å². The van der Waals surface area contributed by atoms with Gasteiger partial charge in [0.2, 0.25) is 0 Å². The third-order valence-electron chi connectivity index (χ3n) is 4.47. The molecule has 0 aliphatic heterocycles. The summed E-state index contributed by atoms with van der Waals surface area (Å²) in [6.07, 6.45) is 0. The second-order valence-electron chi connectivity index (χ2n) is 7.16. The summed E-state index contributed by atoms with van der Waals surface area (Å²) in [5, 5.41) is 0. The van der Waals surface area contributed by atoms with E-state index in [9.17, 15) is 0 Å². The van der Waals surface area contributed by atoms with Gasteiger partial charge in [0.25, 0.3) is 0 Å². The molecule has 0 spiro atoms. The van der Waals surface area contributed by atoms with Gasteiger partial charge in [0.1, 0.15) is 0 Å². The molecular formula is C20H26B2Cl2N2. The number of hydrogen-bond donors (Lipinski definition) is 0. The Hall–Kier alpha value is -1.19. The van der Waals surface area contributed by atoms with Crippen LogP contribution in [0.15, 0.2) is 48.5 Å². The van der Waals surface area contributed by atoms with Crippen LogP contribution in [0.25, 0.3) is 10.9 Å². The Balaban J connectivity index is 2.81. The minimum Gasteiger partial charge on any atom is -0.330 e. The summed E-state index contributed by atoms with van der Waals surface area (Å²) in [4.78, 5) is 4.36. The van der Waals surface area contributed by atoms with Gasteiger partial charge in [0.05, 0.1) is 0 Å². The molecule has 0 aliphatic carbocycles. The molecule has 0 bridgehead atoms. The smallest absolute Gasteiger partial charge is 0.330 e. The van der Waals surface area contributed by atoms with Gasteiger partial charge in [-0.1, -0.05) is 59.7 Å². The maximum atomic E-state index is 6.52. The maximum Gasteiger partial charge on any atom is 0.383 e. The summed E-state index contributed by atoms with van der Waals surface area (Å²) < 4.78 is 0. The van der Waals surface area contributed by atoms with Gasteiger partial charge in [-0.25, -0.2) is 0 Å². The van der Waals surface area contributed by atoms with Crippen molar-refractivity contribution < 1.29 is 0 Å². The Morgan fingerprint density at radius 1 is 0.654 bits per heavy atom. The second kappa shape index (κ2) is 9.14. The van der Waals surface area contributed by atoms with Crippen molar-refractivity contribution in [2.75, 3.05) is 28.2 Å². The molecule has 0 unspecified atom stereocenters. The first-order valence-corrected chi connectivity index (χ1v) is 9.58. The number of halogens is 2. The average molecular weight is 387 g/mol. The van der Waals surface area contributed by atoms with Gasteiger partial charge in [0, 0.05) is 0 Å². The lowest BCUT2D eigenvalue weighted by Crippen LogP contribution is -2.47. The number of hydrogen-bond acceptors (Lipinski definition) is 2. The molecule has 6 heteroatoms. The summed E-state index contributed by atoms with van der Waals surface area (Å²) in [7, 11) is 8.29. The van der Waals surface area contributed by atoms with Crippen molar-refractivity contribution in [2.45, 2.75) is 13.8 Å². The zero-order chi connectivity index (χ0) is 19.4. The quantitative estimate of drug-likeness (QED) is 0.516. The second-order valence-corrected chi connectivity index (χ2v) is 8.26. The fourth-order valence-corrected chi connectivity index (χ4v) is 3.77. The topological polar surface area (TPSA) is 6.48 Å². The average Bonchev–Trinajstić information content (AvgIpc) is 2.55. The van der Waals surface area contributed by atoms with Crippen molar-refractivity contribution in [3.05, 3.63) is 70.8 Å². The number of benzene rings is 2. The molecule has 0 N–H and O–H groups in total. The lowest BCUT2D eigenvalue weighted by molar-refractivity contribution is 0.532. The Kier molecular flexibility index (Phi) is 7.42. The van der Waals surface area contributed by atoms with Crippen LogP contribution in [0.5, 0.6) is 0 Å². The largest absolute Gasteiger partial charge is 0.383 e. The van der Waals surface area contributed by atoms with Gasteiger partial charge >= 0.3 is 12.5 Å². The van der Waals surface area contributed by atoms with Crippen molar-refractivity contribution >= 4 is 46.4 Å². The highest BCUT2D eigenvalue weighted by Crippen LogP contribution is 2.34. The first-order valence-electron chi connectivity index (χ1n) is 8.71. The molecule has 26 heavy (non-hydrogen) atoms. The van der Waals surface area contributed by atoms with E-state index in [2.05, 4.69) is 100 Å². The van der Waals surface area contributed by atoms with Crippen LogP contribution in [0.4, 0.5) is 0 Å². The zero-order valence-electron chi connectivity index (χ0n) is 16.4. The molecule has 0 fully saturated rings. The molecule has 0 aromatic heterocycles. The highest BCUT2D eigenvalue weighted by atomic mass is 35.5. The Labute approximate surface area is 168 Å². The molecule has 2 nitrogen and oxygen atoms in total. The Morgan fingerprint density at radius 3 is 1.31 bits per heavy atom. The highest BCUT2D eigenvalue weighted by Gasteiger charge is 2.33. The maximum absolute atomic E-state index is 6.52. The van der Waals surface area contributed by atoms with E-state index >= 15 is 0 Å². The minimum atomic E-state index is -0.628. The zero-order valence-corrected chi connectivity index (χ0v) is 17.9. The van der Waals surface area contributed by atoms with Crippen LogP contribution in [-0.2, 0) is 0 Å². The molecule has 0 heterocycles. The van der Waals surface area contributed by atoms with E-state index in [0.29, 0.717) is 0 Å². The first kappa shape index (κ1) is 21.1. The van der Waals surface area contributed by atoms with Crippen molar-refractivity contribution in [1.29, 1.82) is 0 Å². The van der Waals surface area contributed by atoms with Crippen LogP contribution in [0.2, 0.25) is 0 Å². The van der Waals surface area contributed by atoms with E-state index in [-0.39, 0.29) is 6.98 Å². The molecule has 0 atom stereocenters. The van der Waals surface area contributed by atoms with E-state index in [1.807, 2.05) is 0 Å². The number of rotatable bonds is 6. The highest BCUT2D eigenvalue weighted by molar-refractivity contribution is 7.42. The molecule has 2 rings (SSSR count).